The topological polar surface area (TPSA) is 0 Å². The third-order valence-electron chi connectivity index (χ3n) is 7.17. The molecule has 2 fully saturated rings. The highest BCUT2D eigenvalue weighted by atomic mass is 14.5. The molecule has 0 bridgehead atoms. The van der Waals surface area contributed by atoms with Crippen molar-refractivity contribution in [2.45, 2.75) is 44.9 Å². The zero-order valence-corrected chi connectivity index (χ0v) is 14.9. The zero-order chi connectivity index (χ0) is 16.4. The van der Waals surface area contributed by atoms with E-state index >= 15 is 0 Å². The van der Waals surface area contributed by atoms with Crippen molar-refractivity contribution in [3.05, 3.63) is 61.3 Å². The lowest BCUT2D eigenvalue weighted by atomic mass is 9.71. The molecule has 0 N–H and O–H groups in total. The van der Waals surface area contributed by atoms with Crippen molar-refractivity contribution < 1.29 is 0 Å². The predicted octanol–water partition coefficient (Wildman–Crippen LogP) is 6.50. The number of allylic oxidation sites excluding steroid dienone is 9. The molecule has 0 heteroatoms. The first-order valence-electron chi connectivity index (χ1n) is 10.2. The van der Waals surface area contributed by atoms with Crippen LogP contribution in [0.25, 0.3) is 0 Å². The van der Waals surface area contributed by atoms with Gasteiger partial charge < -0.3 is 0 Å². The summed E-state index contributed by atoms with van der Waals surface area (Å²) in [4.78, 5) is 0. The van der Waals surface area contributed by atoms with E-state index in [1.54, 1.807) is 0 Å². The van der Waals surface area contributed by atoms with E-state index in [-0.39, 0.29) is 0 Å². The van der Waals surface area contributed by atoms with Gasteiger partial charge in [0.25, 0.3) is 0 Å². The van der Waals surface area contributed by atoms with Crippen LogP contribution in [0.3, 0.4) is 0 Å². The van der Waals surface area contributed by atoms with Gasteiger partial charge in [-0.1, -0.05) is 80.4 Å². The average Bonchev–Trinajstić information content (AvgIpc) is 3.24. The maximum Gasteiger partial charge on any atom is -0.00955 e. The van der Waals surface area contributed by atoms with E-state index in [4.69, 9.17) is 0 Å². The van der Waals surface area contributed by atoms with Crippen LogP contribution >= 0.6 is 0 Å². The summed E-state index contributed by atoms with van der Waals surface area (Å²) in [7, 11) is 0. The lowest BCUT2D eigenvalue weighted by Crippen LogP contribution is -2.27. The molecule has 0 aromatic rings. The summed E-state index contributed by atoms with van der Waals surface area (Å²) < 4.78 is 0. The van der Waals surface area contributed by atoms with Crippen molar-refractivity contribution in [1.29, 1.82) is 0 Å². The molecule has 24 heavy (non-hydrogen) atoms. The first kappa shape index (κ1) is 16.2. The third kappa shape index (κ3) is 3.01. The summed E-state index contributed by atoms with van der Waals surface area (Å²) in [5.74, 6) is 5.61. The van der Waals surface area contributed by atoms with Crippen molar-refractivity contribution in [2.75, 3.05) is 0 Å². The maximum atomic E-state index is 4.00. The van der Waals surface area contributed by atoms with Gasteiger partial charge >= 0.3 is 0 Å². The van der Waals surface area contributed by atoms with Gasteiger partial charge in [-0.05, 0) is 60.7 Å². The van der Waals surface area contributed by atoms with Gasteiger partial charge in [-0.2, -0.15) is 0 Å². The number of hydrogen-bond acceptors (Lipinski definition) is 0. The van der Waals surface area contributed by atoms with Gasteiger partial charge in [0.2, 0.25) is 0 Å². The molecule has 128 valence electrons. The first-order chi connectivity index (χ1) is 11.9. The van der Waals surface area contributed by atoms with E-state index in [0.29, 0.717) is 0 Å². The van der Waals surface area contributed by atoms with Crippen molar-refractivity contribution in [1.82, 2.24) is 0 Å². The van der Waals surface area contributed by atoms with Gasteiger partial charge in [0.05, 0.1) is 0 Å². The van der Waals surface area contributed by atoms with Gasteiger partial charge in [-0.3, -0.25) is 0 Å². The molecule has 0 aliphatic heterocycles. The molecule has 0 aromatic carbocycles. The van der Waals surface area contributed by atoms with Crippen LogP contribution in [0.4, 0.5) is 0 Å². The lowest BCUT2D eigenvalue weighted by Gasteiger charge is -2.34. The molecule has 4 aliphatic carbocycles. The Morgan fingerprint density at radius 3 is 1.92 bits per heavy atom. The summed E-state index contributed by atoms with van der Waals surface area (Å²) in [5.41, 5.74) is 0. The quantitative estimate of drug-likeness (QED) is 0.490. The van der Waals surface area contributed by atoms with Gasteiger partial charge in [0.15, 0.2) is 0 Å². The van der Waals surface area contributed by atoms with E-state index in [1.807, 2.05) is 0 Å². The summed E-state index contributed by atoms with van der Waals surface area (Å²) >= 11 is 0. The second kappa shape index (κ2) is 7.30. The molecule has 0 heterocycles. The SMILES string of the molecule is C=CCCC(CC1CCCC1)C1C2C=CC=CC2C2C=CC=CC21. The number of fused-ring (bicyclic) bond motifs is 3. The minimum Gasteiger partial charge on any atom is -0.103 e. The fourth-order valence-corrected chi connectivity index (χ4v) is 6.18. The van der Waals surface area contributed by atoms with Gasteiger partial charge in [0, 0.05) is 0 Å². The van der Waals surface area contributed by atoms with Crippen LogP contribution in [0.2, 0.25) is 0 Å². The van der Waals surface area contributed by atoms with E-state index < -0.39 is 0 Å². The summed E-state index contributed by atoms with van der Waals surface area (Å²) in [6, 6.07) is 0. The maximum absolute atomic E-state index is 4.00. The molecule has 0 spiro atoms. The molecule has 0 saturated heterocycles. The van der Waals surface area contributed by atoms with Crippen LogP contribution in [-0.2, 0) is 0 Å². The van der Waals surface area contributed by atoms with Crippen LogP contribution in [0.5, 0.6) is 0 Å². The Bertz CT molecular complexity index is 521. The second-order valence-electron chi connectivity index (χ2n) is 8.44. The highest BCUT2D eigenvalue weighted by Gasteiger charge is 2.49. The molecule has 0 amide bonds. The molecular formula is C24H32. The Labute approximate surface area is 148 Å². The largest absolute Gasteiger partial charge is 0.103 e. The Kier molecular flexibility index (Phi) is 4.92. The first-order valence-corrected chi connectivity index (χ1v) is 10.2. The molecule has 0 nitrogen and oxygen atoms in total. The number of rotatable bonds is 6. The average molecular weight is 321 g/mol. The highest BCUT2D eigenvalue weighted by Crippen LogP contribution is 2.55. The second-order valence-corrected chi connectivity index (χ2v) is 8.44. The fourth-order valence-electron chi connectivity index (χ4n) is 6.18. The summed E-state index contributed by atoms with van der Waals surface area (Å²) in [5, 5.41) is 0. The normalized spacial score (nSPS) is 38.2. The van der Waals surface area contributed by atoms with Crippen molar-refractivity contribution in [3.8, 4) is 0 Å². The molecule has 5 unspecified atom stereocenters. The Morgan fingerprint density at radius 1 is 0.833 bits per heavy atom. The Balaban J connectivity index is 1.60. The van der Waals surface area contributed by atoms with Crippen LogP contribution in [0, 0.1) is 41.4 Å². The highest BCUT2D eigenvalue weighted by molar-refractivity contribution is 5.28. The van der Waals surface area contributed by atoms with Crippen LogP contribution in [0.15, 0.2) is 61.3 Å². The standard InChI is InChI=1S/C24H32/c1-2-3-12-19(17-18-10-4-5-11-18)24-22-15-8-6-13-20(22)21-14-7-9-16-23(21)24/h2,6-9,13-16,18-24H,1,3-5,10-12,17H2. The van der Waals surface area contributed by atoms with Crippen molar-refractivity contribution in [2.24, 2.45) is 41.4 Å². The summed E-state index contributed by atoms with van der Waals surface area (Å²) in [6.45, 7) is 4.00. The van der Waals surface area contributed by atoms with Crippen LogP contribution in [-0.4, -0.2) is 0 Å². The van der Waals surface area contributed by atoms with Gasteiger partial charge in [-0.15, -0.1) is 6.58 Å². The van der Waals surface area contributed by atoms with E-state index in [2.05, 4.69) is 61.3 Å². The monoisotopic (exact) mass is 320 g/mol. The van der Waals surface area contributed by atoms with Crippen molar-refractivity contribution >= 4 is 0 Å². The lowest BCUT2D eigenvalue weighted by molar-refractivity contribution is 0.193. The van der Waals surface area contributed by atoms with E-state index in [1.165, 1.54) is 44.9 Å². The fraction of sp³-hybridized carbons (Fsp3) is 0.583. The predicted molar refractivity (Wildman–Crippen MR) is 104 cm³/mol. The zero-order valence-electron chi connectivity index (χ0n) is 14.9. The molecule has 5 atom stereocenters. The third-order valence-corrected chi connectivity index (χ3v) is 7.17. The molecule has 4 rings (SSSR count). The van der Waals surface area contributed by atoms with Gasteiger partial charge in [-0.25, -0.2) is 0 Å². The summed E-state index contributed by atoms with van der Waals surface area (Å²) in [6.07, 6.45) is 31.2. The van der Waals surface area contributed by atoms with E-state index in [9.17, 15) is 0 Å². The molecule has 0 aromatic heterocycles. The molecular weight excluding hydrogens is 288 g/mol. The minimum atomic E-state index is 0.723. The van der Waals surface area contributed by atoms with Crippen LogP contribution < -0.4 is 0 Å². The Morgan fingerprint density at radius 2 is 1.38 bits per heavy atom. The van der Waals surface area contributed by atoms with Gasteiger partial charge in [0.1, 0.15) is 0 Å². The Hall–Kier alpha value is -1.30. The number of hydrogen-bond donors (Lipinski definition) is 0. The minimum absolute atomic E-state index is 0.723. The van der Waals surface area contributed by atoms with Crippen molar-refractivity contribution in [3.63, 3.8) is 0 Å². The molecule has 4 aliphatic rings. The molecule has 2 saturated carbocycles. The molecule has 0 radical (unpaired) electrons. The van der Waals surface area contributed by atoms with Crippen LogP contribution in [0.1, 0.15) is 44.9 Å². The smallest absolute Gasteiger partial charge is 0.00955 e. The van der Waals surface area contributed by atoms with E-state index in [0.717, 1.165) is 41.4 Å².